The van der Waals surface area contributed by atoms with Gasteiger partial charge in [0.25, 0.3) is 0 Å². The number of aromatic nitrogens is 3. The molecule has 0 amide bonds. The first-order chi connectivity index (χ1) is 10.4. The molecule has 0 aliphatic heterocycles. The minimum Gasteiger partial charge on any atom is -0.357 e. The molecule has 1 aliphatic rings. The molecule has 6 nitrogen and oxygen atoms in total. The fourth-order valence-electron chi connectivity index (χ4n) is 2.22. The Kier molecular flexibility index (Phi) is 4.33. The van der Waals surface area contributed by atoms with Crippen LogP contribution in [0.4, 0.5) is 0 Å². The number of hydrogen-bond acceptors (Lipinski definition) is 3. The molecule has 2 heterocycles. The van der Waals surface area contributed by atoms with Crippen LogP contribution in [0.15, 0.2) is 29.4 Å². The zero-order valence-corrected chi connectivity index (χ0v) is 12.4. The monoisotopic (exact) mass is 286 g/mol. The second-order valence-corrected chi connectivity index (χ2v) is 5.38. The van der Waals surface area contributed by atoms with E-state index < -0.39 is 0 Å². The highest BCUT2D eigenvalue weighted by Crippen LogP contribution is 2.28. The summed E-state index contributed by atoms with van der Waals surface area (Å²) in [6.45, 7) is 4.69. The van der Waals surface area contributed by atoms with Crippen LogP contribution in [-0.2, 0) is 6.42 Å². The Morgan fingerprint density at radius 3 is 3.05 bits per heavy atom. The summed E-state index contributed by atoms with van der Waals surface area (Å²) in [7, 11) is 0. The van der Waals surface area contributed by atoms with E-state index in [1.807, 2.05) is 28.8 Å². The van der Waals surface area contributed by atoms with Gasteiger partial charge in [0.2, 0.25) is 0 Å². The van der Waals surface area contributed by atoms with E-state index in [-0.39, 0.29) is 0 Å². The van der Waals surface area contributed by atoms with Crippen molar-refractivity contribution in [2.75, 3.05) is 19.6 Å². The van der Waals surface area contributed by atoms with Crippen molar-refractivity contribution in [2.45, 2.75) is 26.2 Å². The average Bonchev–Trinajstić information content (AvgIpc) is 3.25. The van der Waals surface area contributed by atoms with E-state index in [0.717, 1.165) is 49.4 Å². The van der Waals surface area contributed by atoms with Crippen molar-refractivity contribution in [1.82, 2.24) is 25.2 Å². The number of hydrogen-bond donors (Lipinski definition) is 2. The smallest absolute Gasteiger partial charge is 0.191 e. The summed E-state index contributed by atoms with van der Waals surface area (Å²) >= 11 is 0. The van der Waals surface area contributed by atoms with E-state index in [0.29, 0.717) is 0 Å². The number of rotatable bonds is 6. The van der Waals surface area contributed by atoms with Gasteiger partial charge in [-0.3, -0.25) is 9.39 Å². The van der Waals surface area contributed by atoms with E-state index in [4.69, 9.17) is 0 Å². The van der Waals surface area contributed by atoms with Crippen molar-refractivity contribution in [3.8, 4) is 0 Å². The number of fused-ring (bicyclic) bond motifs is 1. The van der Waals surface area contributed by atoms with Gasteiger partial charge in [0, 0.05) is 32.3 Å². The SMILES string of the molecule is CCNC(=NCC1CC1)NCCc1nnc2ccccn12. The van der Waals surface area contributed by atoms with Crippen molar-refractivity contribution in [1.29, 1.82) is 0 Å². The molecule has 2 aromatic heterocycles. The van der Waals surface area contributed by atoms with Crippen LogP contribution in [0, 0.1) is 5.92 Å². The van der Waals surface area contributed by atoms with Crippen LogP contribution in [0.5, 0.6) is 0 Å². The standard InChI is InChI=1S/C15H22N6/c1-2-16-15(18-11-12-6-7-12)17-9-8-14-20-19-13-5-3-4-10-21(13)14/h3-5,10,12H,2,6-9,11H2,1H3,(H2,16,17,18). The van der Waals surface area contributed by atoms with Gasteiger partial charge in [0.1, 0.15) is 5.82 Å². The van der Waals surface area contributed by atoms with Crippen LogP contribution >= 0.6 is 0 Å². The topological polar surface area (TPSA) is 66.6 Å². The molecule has 1 saturated carbocycles. The highest BCUT2D eigenvalue weighted by Gasteiger charge is 2.20. The van der Waals surface area contributed by atoms with Gasteiger partial charge in [-0.2, -0.15) is 0 Å². The molecule has 2 N–H and O–H groups in total. The predicted molar refractivity (Wildman–Crippen MR) is 83.4 cm³/mol. The summed E-state index contributed by atoms with van der Waals surface area (Å²) in [5.41, 5.74) is 0.891. The Hall–Kier alpha value is -2.11. The van der Waals surface area contributed by atoms with Crippen LogP contribution in [0.25, 0.3) is 5.65 Å². The number of aliphatic imine (C=N–C) groups is 1. The summed E-state index contributed by atoms with van der Waals surface area (Å²) in [6, 6.07) is 5.93. The van der Waals surface area contributed by atoms with Gasteiger partial charge < -0.3 is 10.6 Å². The summed E-state index contributed by atoms with van der Waals surface area (Å²) in [4.78, 5) is 4.61. The lowest BCUT2D eigenvalue weighted by atomic mass is 10.4. The molecule has 0 aromatic carbocycles. The Balaban J connectivity index is 1.54. The van der Waals surface area contributed by atoms with Gasteiger partial charge in [-0.05, 0) is 37.8 Å². The predicted octanol–water partition coefficient (Wildman–Crippen LogP) is 1.24. The summed E-state index contributed by atoms with van der Waals surface area (Å²) < 4.78 is 2.02. The minimum atomic E-state index is 0.798. The third kappa shape index (κ3) is 3.71. The maximum atomic E-state index is 4.61. The second-order valence-electron chi connectivity index (χ2n) is 5.38. The highest BCUT2D eigenvalue weighted by molar-refractivity contribution is 5.79. The van der Waals surface area contributed by atoms with E-state index in [1.165, 1.54) is 12.8 Å². The number of nitrogens with one attached hydrogen (secondary N) is 2. The van der Waals surface area contributed by atoms with Crippen molar-refractivity contribution in [3.63, 3.8) is 0 Å². The lowest BCUT2D eigenvalue weighted by Crippen LogP contribution is -2.38. The Morgan fingerprint density at radius 2 is 2.24 bits per heavy atom. The van der Waals surface area contributed by atoms with Gasteiger partial charge in [-0.1, -0.05) is 6.07 Å². The van der Waals surface area contributed by atoms with Crippen molar-refractivity contribution >= 4 is 11.6 Å². The normalized spacial score (nSPS) is 15.4. The number of pyridine rings is 1. The van der Waals surface area contributed by atoms with Crippen LogP contribution < -0.4 is 10.6 Å². The lowest BCUT2D eigenvalue weighted by molar-refractivity contribution is 0.752. The molecule has 0 spiro atoms. The minimum absolute atomic E-state index is 0.798. The fourth-order valence-corrected chi connectivity index (χ4v) is 2.22. The molecule has 3 rings (SSSR count). The Labute approximate surface area is 124 Å². The number of nitrogens with zero attached hydrogens (tertiary/aromatic N) is 4. The third-order valence-electron chi connectivity index (χ3n) is 3.57. The van der Waals surface area contributed by atoms with Crippen molar-refractivity contribution in [3.05, 3.63) is 30.2 Å². The molecule has 6 heteroatoms. The maximum Gasteiger partial charge on any atom is 0.191 e. The van der Waals surface area contributed by atoms with E-state index in [9.17, 15) is 0 Å². The van der Waals surface area contributed by atoms with Gasteiger partial charge in [-0.15, -0.1) is 10.2 Å². The molecule has 1 aliphatic carbocycles. The van der Waals surface area contributed by atoms with Gasteiger partial charge in [0.15, 0.2) is 11.6 Å². The van der Waals surface area contributed by atoms with Crippen LogP contribution in [0.1, 0.15) is 25.6 Å². The zero-order chi connectivity index (χ0) is 14.5. The fraction of sp³-hybridized carbons (Fsp3) is 0.533. The van der Waals surface area contributed by atoms with Crippen molar-refractivity contribution < 1.29 is 0 Å². The molecule has 21 heavy (non-hydrogen) atoms. The van der Waals surface area contributed by atoms with Crippen LogP contribution in [-0.4, -0.2) is 40.2 Å². The molecule has 0 bridgehead atoms. The maximum absolute atomic E-state index is 4.61. The van der Waals surface area contributed by atoms with Crippen LogP contribution in [0.2, 0.25) is 0 Å². The first kappa shape index (κ1) is 13.9. The second kappa shape index (κ2) is 6.56. The largest absolute Gasteiger partial charge is 0.357 e. The average molecular weight is 286 g/mol. The van der Waals surface area contributed by atoms with Gasteiger partial charge in [0.05, 0.1) is 0 Å². The molecule has 0 saturated heterocycles. The quantitative estimate of drug-likeness (QED) is 0.619. The molecular formula is C15H22N6. The summed E-state index contributed by atoms with van der Waals surface area (Å²) in [5.74, 6) is 2.68. The van der Waals surface area contributed by atoms with E-state index >= 15 is 0 Å². The number of guanidine groups is 1. The van der Waals surface area contributed by atoms with E-state index in [1.54, 1.807) is 0 Å². The molecular weight excluding hydrogens is 264 g/mol. The zero-order valence-electron chi connectivity index (χ0n) is 12.4. The summed E-state index contributed by atoms with van der Waals surface area (Å²) in [5, 5.41) is 15.0. The van der Waals surface area contributed by atoms with Crippen LogP contribution in [0.3, 0.4) is 0 Å². The Morgan fingerprint density at radius 1 is 1.33 bits per heavy atom. The van der Waals surface area contributed by atoms with Crippen molar-refractivity contribution in [2.24, 2.45) is 10.9 Å². The highest BCUT2D eigenvalue weighted by atomic mass is 15.2. The first-order valence-corrected chi connectivity index (χ1v) is 7.67. The first-order valence-electron chi connectivity index (χ1n) is 7.67. The molecule has 0 atom stereocenters. The Bertz CT molecular complexity index is 613. The third-order valence-corrected chi connectivity index (χ3v) is 3.57. The van der Waals surface area contributed by atoms with E-state index in [2.05, 4.69) is 32.7 Å². The molecule has 0 unspecified atom stereocenters. The molecule has 2 aromatic rings. The molecule has 112 valence electrons. The van der Waals surface area contributed by atoms with Gasteiger partial charge >= 0.3 is 0 Å². The van der Waals surface area contributed by atoms with Gasteiger partial charge in [-0.25, -0.2) is 0 Å². The summed E-state index contributed by atoms with van der Waals surface area (Å²) in [6.07, 6.45) is 5.47. The molecule has 1 fully saturated rings. The lowest BCUT2D eigenvalue weighted by Gasteiger charge is -2.10. The molecule has 0 radical (unpaired) electrons.